The van der Waals surface area contributed by atoms with E-state index in [4.69, 9.17) is 14.5 Å². The number of benzene rings is 1. The monoisotopic (exact) mass is 479 g/mol. The fourth-order valence-electron chi connectivity index (χ4n) is 4.07. The number of likely N-dealkylation sites (tertiary alicyclic amines) is 1. The van der Waals surface area contributed by atoms with Crippen molar-refractivity contribution < 1.29 is 22.8 Å². The van der Waals surface area contributed by atoms with E-state index in [0.717, 1.165) is 12.3 Å². The Morgan fingerprint density at radius 1 is 1.26 bits per heavy atom. The molecule has 5 rings (SSSR count). The maximum absolute atomic E-state index is 14.3. The Morgan fingerprint density at radius 3 is 2.77 bits per heavy atom. The maximum atomic E-state index is 14.3. The SMILES string of the molecule is Cc1noc(C)c1-c1ncc(F)c(OC2CN(C(=O)N3N=CCC3c3cc(F)cc(C#N)c3)C2)n1. The second-order valence-corrected chi connectivity index (χ2v) is 8.25. The van der Waals surface area contributed by atoms with Gasteiger partial charge in [0.15, 0.2) is 5.82 Å². The van der Waals surface area contributed by atoms with E-state index in [2.05, 4.69) is 20.2 Å². The van der Waals surface area contributed by atoms with Gasteiger partial charge in [-0.3, -0.25) is 0 Å². The number of rotatable bonds is 4. The van der Waals surface area contributed by atoms with Crippen molar-refractivity contribution in [3.05, 3.63) is 58.6 Å². The lowest BCUT2D eigenvalue weighted by molar-refractivity contribution is 0.0230. The van der Waals surface area contributed by atoms with Gasteiger partial charge in [-0.2, -0.15) is 19.7 Å². The van der Waals surface area contributed by atoms with Gasteiger partial charge in [0, 0.05) is 12.6 Å². The predicted molar refractivity (Wildman–Crippen MR) is 117 cm³/mol. The third-order valence-electron chi connectivity index (χ3n) is 5.83. The molecule has 1 unspecified atom stereocenters. The Bertz CT molecular complexity index is 1360. The fourth-order valence-corrected chi connectivity index (χ4v) is 4.07. The highest BCUT2D eigenvalue weighted by molar-refractivity contribution is 5.79. The molecule has 2 aliphatic rings. The highest BCUT2D eigenvalue weighted by Gasteiger charge is 2.39. The number of carbonyl (C=O) groups excluding carboxylic acids is 1. The van der Waals surface area contributed by atoms with Gasteiger partial charge in [0.1, 0.15) is 17.7 Å². The first-order chi connectivity index (χ1) is 16.8. The lowest BCUT2D eigenvalue weighted by atomic mass is 10.0. The molecule has 10 nitrogen and oxygen atoms in total. The third-order valence-corrected chi connectivity index (χ3v) is 5.83. The van der Waals surface area contributed by atoms with E-state index in [0.29, 0.717) is 29.0 Å². The van der Waals surface area contributed by atoms with Gasteiger partial charge < -0.3 is 14.2 Å². The quantitative estimate of drug-likeness (QED) is 0.561. The second kappa shape index (κ2) is 8.75. The van der Waals surface area contributed by atoms with Crippen LogP contribution in [0.5, 0.6) is 5.88 Å². The van der Waals surface area contributed by atoms with Crippen molar-refractivity contribution >= 4 is 12.2 Å². The van der Waals surface area contributed by atoms with Gasteiger partial charge in [0.2, 0.25) is 5.82 Å². The minimum Gasteiger partial charge on any atom is -0.468 e. The fraction of sp³-hybridized carbons (Fsp3) is 0.304. The van der Waals surface area contributed by atoms with Crippen LogP contribution in [0, 0.1) is 36.8 Å². The van der Waals surface area contributed by atoms with Crippen LogP contribution in [0.1, 0.15) is 35.0 Å². The highest BCUT2D eigenvalue weighted by Crippen LogP contribution is 2.32. The van der Waals surface area contributed by atoms with Gasteiger partial charge in [0.25, 0.3) is 5.88 Å². The molecule has 2 aromatic heterocycles. The number of hydrogen-bond acceptors (Lipinski definition) is 8. The molecule has 12 heteroatoms. The molecule has 1 saturated heterocycles. The third kappa shape index (κ3) is 4.16. The standard InChI is InChI=1S/C23H19F2N7O3/c1-12-20(13(2)35-30-12)21-27-9-18(25)22(29-21)34-17-10-31(11-17)23(33)32-19(3-4-28-32)15-5-14(8-26)6-16(24)7-15/h4-7,9,17,19H,3,10-11H2,1-2H3. The van der Waals surface area contributed by atoms with Crippen LogP contribution in [0.2, 0.25) is 0 Å². The van der Waals surface area contributed by atoms with Crippen LogP contribution in [0.3, 0.4) is 0 Å². The summed E-state index contributed by atoms with van der Waals surface area (Å²) in [6.07, 6.45) is 2.50. The molecule has 178 valence electrons. The molecule has 2 amide bonds. The van der Waals surface area contributed by atoms with Gasteiger partial charge in [-0.15, -0.1) is 0 Å². The van der Waals surface area contributed by atoms with Crippen LogP contribution in [0.4, 0.5) is 13.6 Å². The number of hydrogen-bond donors (Lipinski definition) is 0. The number of hydrazone groups is 1. The summed E-state index contributed by atoms with van der Waals surface area (Å²) in [5, 5.41) is 18.4. The summed E-state index contributed by atoms with van der Waals surface area (Å²) in [6.45, 7) is 3.81. The van der Waals surface area contributed by atoms with Crippen molar-refractivity contribution in [2.75, 3.05) is 13.1 Å². The number of carbonyl (C=O) groups is 1. The van der Waals surface area contributed by atoms with Crippen LogP contribution in [0.15, 0.2) is 34.0 Å². The Kier molecular flexibility index (Phi) is 5.60. The summed E-state index contributed by atoms with van der Waals surface area (Å²) in [7, 11) is 0. The number of urea groups is 1. The number of halogens is 2. The number of aromatic nitrogens is 3. The van der Waals surface area contributed by atoms with Gasteiger partial charge >= 0.3 is 6.03 Å². The van der Waals surface area contributed by atoms with E-state index in [-0.39, 0.29) is 30.4 Å². The molecule has 0 saturated carbocycles. The summed E-state index contributed by atoms with van der Waals surface area (Å²) < 4.78 is 39.0. The number of nitriles is 1. The van der Waals surface area contributed by atoms with Gasteiger partial charge in [-0.1, -0.05) is 5.16 Å². The molecule has 2 aliphatic heterocycles. The van der Waals surface area contributed by atoms with Crippen LogP contribution in [-0.4, -0.2) is 56.5 Å². The number of nitrogens with zero attached hydrogens (tertiary/aromatic N) is 7. The molecule has 1 aromatic carbocycles. The zero-order valence-corrected chi connectivity index (χ0v) is 18.8. The van der Waals surface area contributed by atoms with E-state index < -0.39 is 29.8 Å². The van der Waals surface area contributed by atoms with E-state index in [1.807, 2.05) is 6.07 Å². The number of aryl methyl sites for hydroxylation is 2. The minimum atomic E-state index is -0.728. The molecule has 0 aliphatic carbocycles. The molecular formula is C23H19F2N7O3. The maximum Gasteiger partial charge on any atom is 0.341 e. The predicted octanol–water partition coefficient (Wildman–Crippen LogP) is 3.51. The van der Waals surface area contributed by atoms with Gasteiger partial charge in [0.05, 0.1) is 48.2 Å². The van der Waals surface area contributed by atoms with Crippen molar-refractivity contribution in [2.45, 2.75) is 32.4 Å². The zero-order chi connectivity index (χ0) is 24.7. The first kappa shape index (κ1) is 22.4. The first-order valence-electron chi connectivity index (χ1n) is 10.8. The largest absolute Gasteiger partial charge is 0.468 e. The zero-order valence-electron chi connectivity index (χ0n) is 18.8. The van der Waals surface area contributed by atoms with Crippen LogP contribution in [0.25, 0.3) is 11.4 Å². The molecule has 0 spiro atoms. The Labute approximate surface area is 198 Å². The number of amides is 2. The minimum absolute atomic E-state index is 0.166. The summed E-state index contributed by atoms with van der Waals surface area (Å²) in [5.74, 6) is -0.784. The van der Waals surface area contributed by atoms with Crippen LogP contribution < -0.4 is 4.74 Å². The molecule has 0 bridgehead atoms. The topological polar surface area (TPSA) is 121 Å². The average Bonchev–Trinajstić information content (AvgIpc) is 3.43. The molecule has 1 atom stereocenters. The van der Waals surface area contributed by atoms with Crippen molar-refractivity contribution in [1.29, 1.82) is 5.26 Å². The summed E-state index contributed by atoms with van der Waals surface area (Å²) in [5.41, 5.74) is 1.78. The van der Waals surface area contributed by atoms with Crippen molar-refractivity contribution in [3.63, 3.8) is 0 Å². The van der Waals surface area contributed by atoms with Crippen molar-refractivity contribution in [3.8, 4) is 23.3 Å². The summed E-state index contributed by atoms with van der Waals surface area (Å²) >= 11 is 0. The molecule has 3 aromatic rings. The van der Waals surface area contributed by atoms with Crippen molar-refractivity contribution in [1.82, 2.24) is 25.0 Å². The molecular weight excluding hydrogens is 460 g/mol. The van der Waals surface area contributed by atoms with Gasteiger partial charge in [-0.25, -0.2) is 19.2 Å². The van der Waals surface area contributed by atoms with Gasteiger partial charge in [-0.05, 0) is 37.6 Å². The Hall–Kier alpha value is -4.40. The molecule has 0 N–H and O–H groups in total. The van der Waals surface area contributed by atoms with Crippen LogP contribution >= 0.6 is 0 Å². The smallest absolute Gasteiger partial charge is 0.341 e. The van der Waals surface area contributed by atoms with E-state index in [1.54, 1.807) is 26.1 Å². The lowest BCUT2D eigenvalue weighted by Gasteiger charge is -2.40. The van der Waals surface area contributed by atoms with Crippen molar-refractivity contribution in [2.24, 2.45) is 5.10 Å². The number of ether oxygens (including phenoxy) is 1. The lowest BCUT2D eigenvalue weighted by Crippen LogP contribution is -2.59. The molecule has 4 heterocycles. The van der Waals surface area contributed by atoms with E-state index in [1.165, 1.54) is 16.0 Å². The molecule has 1 fully saturated rings. The van der Waals surface area contributed by atoms with E-state index in [9.17, 15) is 13.6 Å². The highest BCUT2D eigenvalue weighted by atomic mass is 19.1. The molecule has 35 heavy (non-hydrogen) atoms. The first-order valence-corrected chi connectivity index (χ1v) is 10.8. The average molecular weight is 479 g/mol. The Morgan fingerprint density at radius 2 is 2.06 bits per heavy atom. The second-order valence-electron chi connectivity index (χ2n) is 8.25. The molecule has 0 radical (unpaired) electrons. The van der Waals surface area contributed by atoms with Crippen LogP contribution in [-0.2, 0) is 0 Å². The Balaban J connectivity index is 1.25. The summed E-state index contributed by atoms with van der Waals surface area (Å²) in [6, 6.07) is 4.95. The normalized spacial score (nSPS) is 17.4. The summed E-state index contributed by atoms with van der Waals surface area (Å²) in [4.78, 5) is 22.7. The van der Waals surface area contributed by atoms with E-state index >= 15 is 0 Å².